The summed E-state index contributed by atoms with van der Waals surface area (Å²) in [5.74, 6) is 0.0211. The Hall–Kier alpha value is -1.12. The van der Waals surface area contributed by atoms with E-state index in [0.717, 1.165) is 19.3 Å². The summed E-state index contributed by atoms with van der Waals surface area (Å²) in [6, 6.07) is 0. The van der Waals surface area contributed by atoms with Gasteiger partial charge in [-0.2, -0.15) is 0 Å². The lowest BCUT2D eigenvalue weighted by atomic mass is 9.97. The average Bonchev–Trinajstić information content (AvgIpc) is 2.58. The number of hydrogen-bond donors (Lipinski definition) is 0. The van der Waals surface area contributed by atoms with E-state index in [1.165, 1.54) is 23.3 Å². The largest absolute Gasteiger partial charge is 0.282 e. The van der Waals surface area contributed by atoms with Crippen molar-refractivity contribution in [3.05, 3.63) is 11.6 Å². The van der Waals surface area contributed by atoms with E-state index in [2.05, 4.69) is 6.08 Å². The molecule has 0 N–H and O–H groups in total. The molecule has 15 heavy (non-hydrogen) atoms. The number of amides is 2. The molecule has 82 valence electrons. The second kappa shape index (κ2) is 4.60. The SMILES string of the molecule is O=C1CCC(=O)N1CCC1=CCCCC1. The summed E-state index contributed by atoms with van der Waals surface area (Å²) in [5, 5.41) is 0. The Balaban J connectivity index is 1.84. The lowest BCUT2D eigenvalue weighted by Gasteiger charge is -2.17. The minimum absolute atomic E-state index is 0.0106. The van der Waals surface area contributed by atoms with Crippen LogP contribution in [-0.2, 0) is 9.59 Å². The molecule has 1 heterocycles. The third-order valence-corrected chi connectivity index (χ3v) is 3.20. The predicted molar refractivity (Wildman–Crippen MR) is 57.1 cm³/mol. The van der Waals surface area contributed by atoms with Crippen molar-refractivity contribution in [1.82, 2.24) is 4.90 Å². The fourth-order valence-corrected chi connectivity index (χ4v) is 2.26. The van der Waals surface area contributed by atoms with Crippen LogP contribution < -0.4 is 0 Å². The number of allylic oxidation sites excluding steroid dienone is 1. The molecule has 3 nitrogen and oxygen atoms in total. The first kappa shape index (κ1) is 10.4. The Labute approximate surface area is 90.1 Å². The van der Waals surface area contributed by atoms with E-state index in [9.17, 15) is 9.59 Å². The number of nitrogens with zero attached hydrogens (tertiary/aromatic N) is 1. The van der Waals surface area contributed by atoms with Crippen LogP contribution in [0.5, 0.6) is 0 Å². The lowest BCUT2D eigenvalue weighted by Crippen LogP contribution is -2.30. The summed E-state index contributed by atoms with van der Waals surface area (Å²) in [7, 11) is 0. The van der Waals surface area contributed by atoms with Crippen molar-refractivity contribution in [2.45, 2.75) is 44.9 Å². The third-order valence-electron chi connectivity index (χ3n) is 3.20. The quantitative estimate of drug-likeness (QED) is 0.524. The zero-order valence-corrected chi connectivity index (χ0v) is 9.00. The minimum Gasteiger partial charge on any atom is -0.282 e. The van der Waals surface area contributed by atoms with Crippen LogP contribution in [-0.4, -0.2) is 23.3 Å². The van der Waals surface area contributed by atoms with Gasteiger partial charge in [0.2, 0.25) is 11.8 Å². The molecule has 1 saturated heterocycles. The van der Waals surface area contributed by atoms with Gasteiger partial charge in [-0.05, 0) is 32.1 Å². The van der Waals surface area contributed by atoms with Crippen molar-refractivity contribution in [3.8, 4) is 0 Å². The molecule has 0 radical (unpaired) electrons. The van der Waals surface area contributed by atoms with Crippen LogP contribution >= 0.6 is 0 Å². The van der Waals surface area contributed by atoms with Crippen molar-refractivity contribution in [2.24, 2.45) is 0 Å². The normalized spacial score (nSPS) is 22.1. The number of rotatable bonds is 3. The second-order valence-corrected chi connectivity index (χ2v) is 4.30. The lowest BCUT2D eigenvalue weighted by molar-refractivity contribution is -0.138. The number of hydrogen-bond acceptors (Lipinski definition) is 2. The van der Waals surface area contributed by atoms with Crippen molar-refractivity contribution in [3.63, 3.8) is 0 Å². The molecular weight excluding hydrogens is 190 g/mol. The number of likely N-dealkylation sites (tertiary alicyclic amines) is 1. The van der Waals surface area contributed by atoms with E-state index in [1.54, 1.807) is 0 Å². The van der Waals surface area contributed by atoms with Crippen molar-refractivity contribution in [2.75, 3.05) is 6.54 Å². The van der Waals surface area contributed by atoms with E-state index < -0.39 is 0 Å². The summed E-state index contributed by atoms with van der Waals surface area (Å²) in [4.78, 5) is 24.1. The van der Waals surface area contributed by atoms with Crippen molar-refractivity contribution in [1.29, 1.82) is 0 Å². The van der Waals surface area contributed by atoms with Gasteiger partial charge in [-0.15, -0.1) is 0 Å². The second-order valence-electron chi connectivity index (χ2n) is 4.30. The number of carbonyl (C=O) groups is 2. The fourth-order valence-electron chi connectivity index (χ4n) is 2.26. The van der Waals surface area contributed by atoms with Gasteiger partial charge < -0.3 is 0 Å². The van der Waals surface area contributed by atoms with Crippen LogP contribution in [0.3, 0.4) is 0 Å². The van der Waals surface area contributed by atoms with Gasteiger partial charge in [0.05, 0.1) is 0 Å². The predicted octanol–water partition coefficient (Wildman–Crippen LogP) is 2.03. The Bertz CT molecular complexity index is 291. The summed E-state index contributed by atoms with van der Waals surface area (Å²) < 4.78 is 0. The Morgan fingerprint density at radius 3 is 2.40 bits per heavy atom. The van der Waals surface area contributed by atoms with Crippen LogP contribution in [0.1, 0.15) is 44.9 Å². The van der Waals surface area contributed by atoms with Gasteiger partial charge in [0.25, 0.3) is 0 Å². The van der Waals surface area contributed by atoms with Gasteiger partial charge in [-0.3, -0.25) is 14.5 Å². The molecule has 0 aromatic rings. The van der Waals surface area contributed by atoms with Gasteiger partial charge in [-0.25, -0.2) is 0 Å². The minimum atomic E-state index is 0.0106. The zero-order chi connectivity index (χ0) is 10.7. The molecule has 3 heteroatoms. The van der Waals surface area contributed by atoms with Crippen molar-refractivity contribution >= 4 is 11.8 Å². The standard InChI is InChI=1S/C12H17NO2/c14-11-6-7-12(15)13(11)9-8-10-4-2-1-3-5-10/h4H,1-3,5-9H2. The Kier molecular flexibility index (Phi) is 3.19. The molecule has 0 atom stereocenters. The summed E-state index contributed by atoms with van der Waals surface area (Å²) in [6.07, 6.45) is 8.84. The zero-order valence-electron chi connectivity index (χ0n) is 9.00. The highest BCUT2D eigenvalue weighted by Crippen LogP contribution is 2.21. The molecule has 2 amide bonds. The van der Waals surface area contributed by atoms with Crippen LogP contribution in [0.25, 0.3) is 0 Å². The smallest absolute Gasteiger partial charge is 0.229 e. The van der Waals surface area contributed by atoms with E-state index >= 15 is 0 Å². The number of carbonyl (C=O) groups excluding carboxylic acids is 2. The highest BCUT2D eigenvalue weighted by atomic mass is 16.2. The first-order valence-electron chi connectivity index (χ1n) is 5.78. The molecule has 0 saturated carbocycles. The van der Waals surface area contributed by atoms with Gasteiger partial charge >= 0.3 is 0 Å². The van der Waals surface area contributed by atoms with E-state index in [4.69, 9.17) is 0 Å². The Morgan fingerprint density at radius 1 is 1.07 bits per heavy atom. The summed E-state index contributed by atoms with van der Waals surface area (Å²) >= 11 is 0. The van der Waals surface area contributed by atoms with Crippen LogP contribution in [0, 0.1) is 0 Å². The van der Waals surface area contributed by atoms with Gasteiger partial charge in [0.15, 0.2) is 0 Å². The van der Waals surface area contributed by atoms with E-state index in [0.29, 0.717) is 19.4 Å². The average molecular weight is 207 g/mol. The first-order valence-corrected chi connectivity index (χ1v) is 5.78. The summed E-state index contributed by atoms with van der Waals surface area (Å²) in [5.41, 5.74) is 1.42. The van der Waals surface area contributed by atoms with Gasteiger partial charge in [0, 0.05) is 19.4 Å². The third kappa shape index (κ3) is 2.46. The molecular formula is C12H17NO2. The van der Waals surface area contributed by atoms with E-state index in [1.807, 2.05) is 0 Å². The highest BCUT2D eigenvalue weighted by Gasteiger charge is 2.28. The monoisotopic (exact) mass is 207 g/mol. The highest BCUT2D eigenvalue weighted by molar-refractivity contribution is 6.01. The first-order chi connectivity index (χ1) is 7.27. The summed E-state index contributed by atoms with van der Waals surface area (Å²) in [6.45, 7) is 0.601. The van der Waals surface area contributed by atoms with Crippen LogP contribution in [0.15, 0.2) is 11.6 Å². The molecule has 0 aromatic heterocycles. The molecule has 0 spiro atoms. The van der Waals surface area contributed by atoms with Gasteiger partial charge in [-0.1, -0.05) is 11.6 Å². The molecule has 1 fully saturated rings. The Morgan fingerprint density at radius 2 is 1.80 bits per heavy atom. The maximum Gasteiger partial charge on any atom is 0.229 e. The van der Waals surface area contributed by atoms with Gasteiger partial charge in [0.1, 0.15) is 0 Å². The molecule has 1 aliphatic carbocycles. The fraction of sp³-hybridized carbons (Fsp3) is 0.667. The maximum absolute atomic E-state index is 11.3. The molecule has 2 rings (SSSR count). The maximum atomic E-state index is 11.3. The molecule has 1 aliphatic heterocycles. The van der Waals surface area contributed by atoms with Crippen LogP contribution in [0.2, 0.25) is 0 Å². The molecule has 0 unspecified atom stereocenters. The van der Waals surface area contributed by atoms with Crippen molar-refractivity contribution < 1.29 is 9.59 Å². The van der Waals surface area contributed by atoms with E-state index in [-0.39, 0.29) is 11.8 Å². The van der Waals surface area contributed by atoms with Crippen LogP contribution in [0.4, 0.5) is 0 Å². The molecule has 2 aliphatic rings. The molecule has 0 aromatic carbocycles. The number of imide groups is 1. The molecule has 0 bridgehead atoms. The topological polar surface area (TPSA) is 37.4 Å².